The average molecular weight is 497 g/mol. The van der Waals surface area contributed by atoms with Crippen LogP contribution in [0.4, 0.5) is 0 Å². The summed E-state index contributed by atoms with van der Waals surface area (Å²) < 4.78 is 28.7. The number of ether oxygens (including phenoxy) is 2. The summed E-state index contributed by atoms with van der Waals surface area (Å²) >= 11 is 0. The van der Waals surface area contributed by atoms with Gasteiger partial charge >= 0.3 is 7.82 Å². The minimum absolute atomic E-state index is 0.136. The molecular weight excluding hydrogens is 463 g/mol. The molecule has 2 N–H and O–H groups in total. The fraction of sp³-hybridized carbons (Fsp3) is 0.429. The second-order valence-corrected chi connectivity index (χ2v) is 10.8. The van der Waals surface area contributed by atoms with Gasteiger partial charge in [0.05, 0.1) is 0 Å². The zero-order valence-electron chi connectivity index (χ0n) is 19.9. The number of rotatable bonds is 8. The van der Waals surface area contributed by atoms with Crippen molar-refractivity contribution in [2.45, 2.75) is 51.4 Å². The molecule has 0 radical (unpaired) electrons. The Hall–Kier alpha value is -2.53. The highest BCUT2D eigenvalue weighted by atomic mass is 31.2. The van der Waals surface area contributed by atoms with E-state index in [-0.39, 0.29) is 5.75 Å². The van der Waals surface area contributed by atoms with E-state index >= 15 is 0 Å². The monoisotopic (exact) mass is 496 g/mol. The molecule has 0 spiro atoms. The first-order chi connectivity index (χ1) is 17.0. The lowest BCUT2D eigenvalue weighted by atomic mass is 9.62. The van der Waals surface area contributed by atoms with Crippen molar-refractivity contribution in [2.75, 3.05) is 13.2 Å². The van der Waals surface area contributed by atoms with Crippen molar-refractivity contribution >= 4 is 13.6 Å². The molecule has 2 atom stereocenters. The average Bonchev–Trinajstić information content (AvgIpc) is 2.84. The van der Waals surface area contributed by atoms with Crippen LogP contribution in [-0.4, -0.2) is 23.0 Å². The van der Waals surface area contributed by atoms with Crippen molar-refractivity contribution in [1.29, 1.82) is 0 Å². The Morgan fingerprint density at radius 3 is 2.54 bits per heavy atom. The third-order valence-corrected chi connectivity index (χ3v) is 7.78. The first-order valence-electron chi connectivity index (χ1n) is 12.6. The third-order valence-electron chi connectivity index (χ3n) is 7.33. The van der Waals surface area contributed by atoms with Gasteiger partial charge in [0.15, 0.2) is 0 Å². The van der Waals surface area contributed by atoms with Crippen LogP contribution in [0.1, 0.15) is 56.9 Å². The van der Waals surface area contributed by atoms with Crippen LogP contribution in [-0.2, 0) is 9.30 Å². The molecule has 6 nitrogen and oxygen atoms in total. The molecule has 3 aliphatic rings. The smallest absolute Gasteiger partial charge is 0.490 e. The molecule has 2 unspecified atom stereocenters. The summed E-state index contributed by atoms with van der Waals surface area (Å²) in [4.78, 5) is 18.6. The van der Waals surface area contributed by atoms with Gasteiger partial charge < -0.3 is 14.0 Å². The minimum atomic E-state index is -4.65. The van der Waals surface area contributed by atoms with Gasteiger partial charge in [-0.05, 0) is 80.7 Å². The van der Waals surface area contributed by atoms with Crippen molar-refractivity contribution in [2.24, 2.45) is 11.8 Å². The van der Waals surface area contributed by atoms with Crippen molar-refractivity contribution < 1.29 is 28.3 Å². The topological polar surface area (TPSA) is 85.2 Å². The summed E-state index contributed by atoms with van der Waals surface area (Å²) in [5, 5.41) is 0. The Morgan fingerprint density at radius 2 is 1.71 bits per heavy atom. The van der Waals surface area contributed by atoms with E-state index < -0.39 is 7.82 Å². The highest BCUT2D eigenvalue weighted by Crippen LogP contribution is 2.53. The van der Waals surface area contributed by atoms with Gasteiger partial charge in [0.1, 0.15) is 30.5 Å². The van der Waals surface area contributed by atoms with Crippen LogP contribution in [0.15, 0.2) is 71.3 Å². The van der Waals surface area contributed by atoms with Gasteiger partial charge in [-0.2, -0.15) is 0 Å². The molecule has 1 saturated carbocycles. The van der Waals surface area contributed by atoms with Gasteiger partial charge in [-0.15, -0.1) is 0 Å². The summed E-state index contributed by atoms with van der Waals surface area (Å²) in [5.41, 5.74) is 5.43. The van der Waals surface area contributed by atoms with Crippen LogP contribution in [0.25, 0.3) is 5.76 Å². The molecular formula is C28H33O6P. The Labute approximate surface area is 206 Å². The van der Waals surface area contributed by atoms with Gasteiger partial charge in [-0.3, -0.25) is 9.79 Å². The quantitative estimate of drug-likeness (QED) is 0.184. The summed E-state index contributed by atoms with van der Waals surface area (Å²) in [6.07, 6.45) is 9.55. The third kappa shape index (κ3) is 5.83. The van der Waals surface area contributed by atoms with Crippen molar-refractivity contribution in [3.8, 4) is 11.5 Å². The molecule has 5 rings (SSSR count). The number of benzene rings is 2. The lowest BCUT2D eigenvalue weighted by Gasteiger charge is -2.43. The molecule has 0 amide bonds. The van der Waals surface area contributed by atoms with Gasteiger partial charge in [0.25, 0.3) is 0 Å². The second-order valence-electron chi connectivity index (χ2n) is 9.62. The maximum Gasteiger partial charge on any atom is 0.524 e. The van der Waals surface area contributed by atoms with E-state index in [1.165, 1.54) is 37.7 Å². The number of fused-ring (bicyclic) bond motifs is 3. The van der Waals surface area contributed by atoms with E-state index in [0.717, 1.165) is 36.3 Å². The highest BCUT2D eigenvalue weighted by Gasteiger charge is 2.39. The summed E-state index contributed by atoms with van der Waals surface area (Å²) in [6, 6.07) is 16.6. The standard InChI is InChI=1S/C28H33O6P/c29-35(30,31)34-24-13-6-10-22(19-24)28(33-17-16-32-23-11-2-1-3-12-23)27-21-9-7-15-26(27)25-14-5-4-8-20(25)18-21/h1-3,6,10-13,19,21,26H,4-5,7-9,14-18H2,(H2,29,30,31)/b28-27+. The van der Waals surface area contributed by atoms with Crippen LogP contribution in [0, 0.1) is 11.8 Å². The predicted molar refractivity (Wildman–Crippen MR) is 135 cm³/mol. The summed E-state index contributed by atoms with van der Waals surface area (Å²) in [6.45, 7) is 0.783. The Morgan fingerprint density at radius 1 is 0.914 bits per heavy atom. The van der Waals surface area contributed by atoms with Crippen molar-refractivity contribution in [3.05, 3.63) is 76.9 Å². The number of hydrogen-bond donors (Lipinski definition) is 2. The first kappa shape index (κ1) is 24.2. The zero-order chi connectivity index (χ0) is 24.3. The van der Waals surface area contributed by atoms with Crippen LogP contribution in [0.5, 0.6) is 11.5 Å². The fourth-order valence-electron chi connectivity index (χ4n) is 6.01. The number of allylic oxidation sites excluding steroid dienone is 3. The molecule has 0 aromatic heterocycles. The largest absolute Gasteiger partial charge is 0.524 e. The van der Waals surface area contributed by atoms with E-state index in [1.807, 2.05) is 36.4 Å². The van der Waals surface area contributed by atoms with Crippen LogP contribution in [0.2, 0.25) is 0 Å². The number of phosphoric ester groups is 1. The lowest BCUT2D eigenvalue weighted by Crippen LogP contribution is -2.30. The summed E-state index contributed by atoms with van der Waals surface area (Å²) in [5.74, 6) is 2.60. The normalized spacial score (nSPS) is 23.4. The molecule has 7 heteroatoms. The van der Waals surface area contributed by atoms with Gasteiger partial charge in [-0.25, -0.2) is 4.57 Å². The van der Waals surface area contributed by atoms with Crippen molar-refractivity contribution in [3.63, 3.8) is 0 Å². The van der Waals surface area contributed by atoms with Crippen molar-refractivity contribution in [1.82, 2.24) is 0 Å². The SMILES string of the molecule is O=P(O)(O)Oc1cccc(/C(OCCOc2ccccc2)=C2/C3CCCC2C2=C(CCCC2)C3)c1. The van der Waals surface area contributed by atoms with Crippen LogP contribution < -0.4 is 9.26 Å². The molecule has 35 heavy (non-hydrogen) atoms. The zero-order valence-corrected chi connectivity index (χ0v) is 20.8. The molecule has 2 bridgehead atoms. The van der Waals surface area contributed by atoms with Gasteiger partial charge in [0, 0.05) is 11.5 Å². The number of para-hydroxylation sites is 1. The fourth-order valence-corrected chi connectivity index (χ4v) is 6.40. The van der Waals surface area contributed by atoms with Gasteiger partial charge in [-0.1, -0.05) is 47.9 Å². The molecule has 0 heterocycles. The molecule has 2 aromatic carbocycles. The maximum absolute atomic E-state index is 11.5. The Bertz CT molecular complexity index is 1150. The maximum atomic E-state index is 11.5. The van der Waals surface area contributed by atoms with E-state index in [0.29, 0.717) is 25.0 Å². The minimum Gasteiger partial charge on any atom is -0.490 e. The number of hydrogen-bond acceptors (Lipinski definition) is 4. The van der Waals surface area contributed by atoms with Crippen LogP contribution in [0.3, 0.4) is 0 Å². The van der Waals surface area contributed by atoms with E-state index in [4.69, 9.17) is 14.0 Å². The molecule has 3 aliphatic carbocycles. The Kier molecular flexibility index (Phi) is 7.33. The molecule has 2 aromatic rings. The predicted octanol–water partition coefficient (Wildman–Crippen LogP) is 6.66. The highest BCUT2D eigenvalue weighted by molar-refractivity contribution is 7.46. The summed E-state index contributed by atoms with van der Waals surface area (Å²) in [7, 11) is -4.65. The first-order valence-corrected chi connectivity index (χ1v) is 14.1. The molecule has 186 valence electrons. The van der Waals surface area contributed by atoms with E-state index in [1.54, 1.807) is 29.3 Å². The van der Waals surface area contributed by atoms with E-state index in [2.05, 4.69) is 0 Å². The van der Waals surface area contributed by atoms with Crippen LogP contribution >= 0.6 is 7.82 Å². The molecule has 0 saturated heterocycles. The van der Waals surface area contributed by atoms with Gasteiger partial charge in [0.2, 0.25) is 0 Å². The van der Waals surface area contributed by atoms with E-state index in [9.17, 15) is 14.4 Å². The molecule has 0 aliphatic heterocycles. The lowest BCUT2D eigenvalue weighted by molar-refractivity contribution is 0.188. The number of phosphoric acid groups is 1. The Balaban J connectivity index is 1.47. The second kappa shape index (κ2) is 10.6. The molecule has 1 fully saturated rings.